The fraction of sp³-hybridized carbons (Fsp3) is 0.458. The molecule has 30 heavy (non-hydrogen) atoms. The lowest BCUT2D eigenvalue weighted by molar-refractivity contribution is 0.102. The number of benzene rings is 1. The van der Waals surface area contributed by atoms with Crippen LogP contribution in [0.5, 0.6) is 0 Å². The molecule has 0 N–H and O–H groups in total. The van der Waals surface area contributed by atoms with E-state index < -0.39 is 0 Å². The molecule has 1 fully saturated rings. The normalized spacial score (nSPS) is 17.2. The molecule has 0 atom stereocenters. The molecule has 1 aromatic carbocycles. The molecule has 4 nitrogen and oxygen atoms in total. The first-order valence-corrected chi connectivity index (χ1v) is 12.4. The molecular weight excluding hydrogens is 412 g/mol. The first-order valence-electron chi connectivity index (χ1n) is 11.0. The lowest BCUT2D eigenvalue weighted by Crippen LogP contribution is -2.18. The van der Waals surface area contributed by atoms with Gasteiger partial charge in [0.1, 0.15) is 10.4 Å². The summed E-state index contributed by atoms with van der Waals surface area (Å²) in [6, 6.07) is 9.84. The van der Waals surface area contributed by atoms with Gasteiger partial charge in [-0.15, -0.1) is 0 Å². The van der Waals surface area contributed by atoms with Crippen molar-refractivity contribution in [1.29, 1.82) is 0 Å². The van der Waals surface area contributed by atoms with Crippen LogP contribution in [-0.4, -0.2) is 21.1 Å². The highest BCUT2D eigenvalue weighted by Gasteiger charge is 2.26. The number of fused-ring (bicyclic) bond motifs is 3. The Labute approximate surface area is 186 Å². The van der Waals surface area contributed by atoms with Crippen molar-refractivity contribution < 1.29 is 9.21 Å². The minimum absolute atomic E-state index is 0.113. The van der Waals surface area contributed by atoms with Crippen molar-refractivity contribution in [3.05, 3.63) is 51.9 Å². The number of hydrogen-bond donors (Lipinski definition) is 0. The van der Waals surface area contributed by atoms with Crippen LogP contribution in [0, 0.1) is 4.64 Å². The van der Waals surface area contributed by atoms with E-state index in [-0.39, 0.29) is 5.78 Å². The fourth-order valence-corrected chi connectivity index (χ4v) is 6.26. The van der Waals surface area contributed by atoms with E-state index in [1.54, 1.807) is 0 Å². The van der Waals surface area contributed by atoms with Crippen LogP contribution in [0.3, 0.4) is 0 Å². The van der Waals surface area contributed by atoms with Gasteiger partial charge in [0.15, 0.2) is 10.9 Å². The Hall–Kier alpha value is -1.92. The van der Waals surface area contributed by atoms with Crippen LogP contribution in [0.25, 0.3) is 11.1 Å². The Bertz CT molecular complexity index is 1130. The van der Waals surface area contributed by atoms with Crippen LogP contribution in [0.2, 0.25) is 0 Å². The smallest absolute Gasteiger partial charge is 0.231 e. The van der Waals surface area contributed by atoms with Crippen LogP contribution >= 0.6 is 24.0 Å². The van der Waals surface area contributed by atoms with E-state index in [2.05, 4.69) is 4.57 Å². The second kappa shape index (κ2) is 8.67. The molecule has 156 valence electrons. The van der Waals surface area contributed by atoms with Crippen LogP contribution in [0.4, 0.5) is 0 Å². The highest BCUT2D eigenvalue weighted by atomic mass is 32.2. The lowest BCUT2D eigenvalue weighted by Gasteiger charge is -2.26. The molecule has 0 aliphatic heterocycles. The maximum Gasteiger partial charge on any atom is 0.231 e. The minimum Gasteiger partial charge on any atom is -0.442 e. The zero-order chi connectivity index (χ0) is 20.5. The molecular formula is C24H26N2O2S2. The Morgan fingerprint density at radius 3 is 2.67 bits per heavy atom. The molecule has 0 spiro atoms. The SMILES string of the molecule is O=C(CSc1nc2oc3c(c2c(=S)n1C1CCCCC1)CCCC3)c1ccccc1. The summed E-state index contributed by atoms with van der Waals surface area (Å²) in [6.07, 6.45) is 10.3. The highest BCUT2D eigenvalue weighted by Crippen LogP contribution is 2.37. The molecule has 5 rings (SSSR count). The second-order valence-corrected chi connectivity index (χ2v) is 9.66. The van der Waals surface area contributed by atoms with Gasteiger partial charge in [-0.25, -0.2) is 0 Å². The molecule has 1 saturated carbocycles. The number of Topliss-reactive ketones (excluding diaryl/α,β-unsaturated/α-hetero) is 1. The van der Waals surface area contributed by atoms with E-state index in [1.165, 1.54) is 43.0 Å². The number of ketones is 1. The number of furan rings is 1. The summed E-state index contributed by atoms with van der Waals surface area (Å²) in [7, 11) is 0. The third-order valence-corrected chi connectivity index (χ3v) is 7.71. The van der Waals surface area contributed by atoms with Crippen LogP contribution < -0.4 is 0 Å². The lowest BCUT2D eigenvalue weighted by atomic mass is 9.95. The Kier molecular flexibility index (Phi) is 5.79. The van der Waals surface area contributed by atoms with Gasteiger partial charge in [-0.2, -0.15) is 4.98 Å². The van der Waals surface area contributed by atoms with Crippen molar-refractivity contribution in [3.8, 4) is 0 Å². The third kappa shape index (κ3) is 3.76. The van der Waals surface area contributed by atoms with Crippen molar-refractivity contribution in [2.45, 2.75) is 69.0 Å². The predicted octanol–water partition coefficient (Wildman–Crippen LogP) is 6.72. The average molecular weight is 439 g/mol. The quantitative estimate of drug-likeness (QED) is 0.192. The molecule has 6 heteroatoms. The van der Waals surface area contributed by atoms with E-state index in [4.69, 9.17) is 21.6 Å². The van der Waals surface area contributed by atoms with Crippen molar-refractivity contribution in [2.75, 3.05) is 5.75 Å². The number of aromatic nitrogens is 2. The van der Waals surface area contributed by atoms with E-state index >= 15 is 0 Å². The van der Waals surface area contributed by atoms with E-state index in [1.807, 2.05) is 30.3 Å². The minimum atomic E-state index is 0.113. The number of hydrogen-bond acceptors (Lipinski definition) is 5. The molecule has 0 bridgehead atoms. The number of nitrogens with zero attached hydrogens (tertiary/aromatic N) is 2. The third-order valence-electron chi connectivity index (χ3n) is 6.36. The van der Waals surface area contributed by atoms with Gasteiger partial charge in [-0.3, -0.25) is 4.79 Å². The molecule has 3 aromatic rings. The molecule has 0 unspecified atom stereocenters. The van der Waals surface area contributed by atoms with Crippen molar-refractivity contribution in [2.24, 2.45) is 0 Å². The fourth-order valence-electron chi connectivity index (χ4n) is 4.80. The molecule has 0 amide bonds. The molecule has 0 saturated heterocycles. The summed E-state index contributed by atoms with van der Waals surface area (Å²) in [5.41, 5.74) is 2.67. The second-order valence-electron chi connectivity index (χ2n) is 8.33. The van der Waals surface area contributed by atoms with Crippen molar-refractivity contribution >= 4 is 40.9 Å². The zero-order valence-electron chi connectivity index (χ0n) is 17.1. The van der Waals surface area contributed by atoms with E-state index in [0.29, 0.717) is 17.5 Å². The Morgan fingerprint density at radius 2 is 1.87 bits per heavy atom. The summed E-state index contributed by atoms with van der Waals surface area (Å²) in [4.78, 5) is 17.6. The Balaban J connectivity index is 1.55. The summed E-state index contributed by atoms with van der Waals surface area (Å²) in [5.74, 6) is 1.53. The average Bonchev–Trinajstić information content (AvgIpc) is 3.17. The van der Waals surface area contributed by atoms with Crippen LogP contribution in [0.15, 0.2) is 39.9 Å². The summed E-state index contributed by atoms with van der Waals surface area (Å²) in [6.45, 7) is 0. The van der Waals surface area contributed by atoms with E-state index in [0.717, 1.165) is 58.6 Å². The van der Waals surface area contributed by atoms with Crippen LogP contribution in [0.1, 0.15) is 72.7 Å². The predicted molar refractivity (Wildman–Crippen MR) is 123 cm³/mol. The first-order chi connectivity index (χ1) is 14.7. The van der Waals surface area contributed by atoms with Crippen LogP contribution in [-0.2, 0) is 12.8 Å². The molecule has 0 radical (unpaired) electrons. The maximum absolute atomic E-state index is 12.7. The molecule has 2 aromatic heterocycles. The number of thioether (sulfide) groups is 1. The van der Waals surface area contributed by atoms with Gasteiger partial charge in [0, 0.05) is 23.6 Å². The van der Waals surface area contributed by atoms with Gasteiger partial charge >= 0.3 is 0 Å². The van der Waals surface area contributed by atoms with Gasteiger partial charge in [0.25, 0.3) is 0 Å². The van der Waals surface area contributed by atoms with Gasteiger partial charge in [-0.05, 0) is 32.1 Å². The number of carbonyl (C=O) groups is 1. The maximum atomic E-state index is 12.7. The van der Waals surface area contributed by atoms with Gasteiger partial charge < -0.3 is 8.98 Å². The standard InChI is InChI=1S/C24H26N2O2S2/c27-19(16-9-3-1-4-10-16)15-30-24-25-22-21(18-13-7-8-14-20(18)28-22)23(29)26(24)17-11-5-2-6-12-17/h1,3-4,9-10,17H,2,5-8,11-15H2. The number of carbonyl (C=O) groups excluding carboxylic acids is 1. The molecule has 2 aliphatic carbocycles. The molecule has 2 heterocycles. The Morgan fingerprint density at radius 1 is 1.10 bits per heavy atom. The summed E-state index contributed by atoms with van der Waals surface area (Å²) < 4.78 is 9.27. The van der Waals surface area contributed by atoms with Gasteiger partial charge in [-0.1, -0.05) is 73.6 Å². The van der Waals surface area contributed by atoms with E-state index in [9.17, 15) is 4.79 Å². The molecule has 2 aliphatic rings. The van der Waals surface area contributed by atoms with Crippen molar-refractivity contribution in [1.82, 2.24) is 9.55 Å². The van der Waals surface area contributed by atoms with Gasteiger partial charge in [0.05, 0.1) is 11.1 Å². The topological polar surface area (TPSA) is 48.0 Å². The number of rotatable bonds is 5. The highest BCUT2D eigenvalue weighted by molar-refractivity contribution is 7.99. The first kappa shape index (κ1) is 20.0. The monoisotopic (exact) mass is 438 g/mol. The summed E-state index contributed by atoms with van der Waals surface area (Å²) >= 11 is 7.53. The summed E-state index contributed by atoms with van der Waals surface area (Å²) in [5, 5.41) is 1.87. The van der Waals surface area contributed by atoms with Crippen molar-refractivity contribution in [3.63, 3.8) is 0 Å². The van der Waals surface area contributed by atoms with Gasteiger partial charge in [0.2, 0.25) is 5.71 Å². The zero-order valence-corrected chi connectivity index (χ0v) is 18.7. The largest absolute Gasteiger partial charge is 0.442 e. The number of aryl methyl sites for hydroxylation is 2.